The van der Waals surface area contributed by atoms with Crippen LogP contribution in [0.15, 0.2) is 82.4 Å². The minimum absolute atomic E-state index is 0.110. The molecule has 6 rings (SSSR count). The van der Waals surface area contributed by atoms with Crippen LogP contribution in [0.3, 0.4) is 0 Å². The molecule has 8 heteroatoms. The van der Waals surface area contributed by atoms with Crippen molar-refractivity contribution in [1.29, 1.82) is 0 Å². The van der Waals surface area contributed by atoms with Gasteiger partial charge in [-0.2, -0.15) is 5.10 Å². The Morgan fingerprint density at radius 3 is 2.49 bits per heavy atom. The maximum Gasteiger partial charge on any atom is 0.147 e. The maximum atomic E-state index is 6.71. The number of nitrogens with zero attached hydrogens (tertiary/aromatic N) is 3. The van der Waals surface area contributed by atoms with Gasteiger partial charge < -0.3 is 0 Å². The Morgan fingerprint density at radius 1 is 1.05 bits per heavy atom. The van der Waals surface area contributed by atoms with E-state index < -0.39 is 0 Å². The molecule has 0 saturated heterocycles. The smallest absolute Gasteiger partial charge is 0.147 e. The number of benzene rings is 3. The minimum atomic E-state index is 0.110. The van der Waals surface area contributed by atoms with Crippen molar-refractivity contribution in [3.05, 3.63) is 104 Å². The summed E-state index contributed by atoms with van der Waals surface area (Å²) in [7, 11) is 0. The first-order valence-corrected chi connectivity index (χ1v) is 14.8. The van der Waals surface area contributed by atoms with Gasteiger partial charge in [-0.3, -0.25) is 9.99 Å². The topological polar surface area (TPSA) is 42.2 Å². The third-order valence-electron chi connectivity index (χ3n) is 7.07. The van der Waals surface area contributed by atoms with Crippen LogP contribution in [0.2, 0.25) is 10.0 Å². The normalized spacial score (nSPS) is 17.9. The monoisotopic (exact) mass is 610 g/mol. The van der Waals surface area contributed by atoms with Gasteiger partial charge in [0, 0.05) is 26.2 Å². The Morgan fingerprint density at radius 2 is 1.81 bits per heavy atom. The molecule has 1 aliphatic heterocycles. The van der Waals surface area contributed by atoms with Gasteiger partial charge >= 0.3 is 0 Å². The second-order valence-corrected chi connectivity index (χ2v) is 12.3. The average molecular weight is 612 g/mol. The summed E-state index contributed by atoms with van der Waals surface area (Å²) in [6, 6.07) is 24.7. The van der Waals surface area contributed by atoms with E-state index in [2.05, 4.69) is 75.3 Å². The number of halogens is 3. The highest BCUT2D eigenvalue weighted by molar-refractivity contribution is 9.10. The van der Waals surface area contributed by atoms with Crippen molar-refractivity contribution in [2.24, 2.45) is 5.10 Å². The molecular weight excluding hydrogens is 587 g/mol. The number of aromatic nitrogens is 2. The van der Waals surface area contributed by atoms with Crippen LogP contribution in [-0.4, -0.2) is 20.0 Å². The van der Waals surface area contributed by atoms with E-state index in [-0.39, 0.29) is 10.8 Å². The molecular formula is C29H25BrCl2N4S. The van der Waals surface area contributed by atoms with E-state index in [0.717, 1.165) is 63.7 Å². The molecule has 188 valence electrons. The molecule has 2 heterocycles. The standard InChI is InChI=1S/C29H25BrCl2N4S/c1-2-6-24-25(27-34-35-28(37-27)29(15-16-29)18-7-4-3-5-8-18)33-26(22-14-11-20(31)17-23(22)32)36(24)21-12-9-19(30)10-13-21/h3-5,7-14,17,28,35H,2,6,15-16H2,1H3. The first kappa shape index (κ1) is 25.1. The van der Waals surface area contributed by atoms with Gasteiger partial charge in [0.15, 0.2) is 0 Å². The third-order valence-corrected chi connectivity index (χ3v) is 9.45. The van der Waals surface area contributed by atoms with Crippen molar-refractivity contribution in [3.63, 3.8) is 0 Å². The molecule has 3 aromatic carbocycles. The van der Waals surface area contributed by atoms with Crippen LogP contribution in [-0.2, 0) is 11.8 Å². The first-order valence-electron chi connectivity index (χ1n) is 12.4. The van der Waals surface area contributed by atoms with Crippen molar-refractivity contribution >= 4 is 55.9 Å². The Hall–Kier alpha value is -2.25. The van der Waals surface area contributed by atoms with E-state index in [1.165, 1.54) is 5.56 Å². The summed E-state index contributed by atoms with van der Waals surface area (Å²) < 4.78 is 3.25. The zero-order valence-electron chi connectivity index (χ0n) is 20.2. The zero-order chi connectivity index (χ0) is 25.6. The molecule has 0 bridgehead atoms. The zero-order valence-corrected chi connectivity index (χ0v) is 24.1. The molecule has 1 fully saturated rings. The molecule has 1 unspecified atom stereocenters. The summed E-state index contributed by atoms with van der Waals surface area (Å²) in [5.74, 6) is 0.790. The molecule has 37 heavy (non-hydrogen) atoms. The van der Waals surface area contributed by atoms with Gasteiger partial charge in [-0.1, -0.05) is 94.6 Å². The van der Waals surface area contributed by atoms with E-state index in [0.29, 0.717) is 10.0 Å². The maximum absolute atomic E-state index is 6.71. The van der Waals surface area contributed by atoms with Gasteiger partial charge in [-0.05, 0) is 67.3 Å². The van der Waals surface area contributed by atoms with Crippen LogP contribution in [0.5, 0.6) is 0 Å². The van der Waals surface area contributed by atoms with Gasteiger partial charge in [0.05, 0.1) is 10.7 Å². The van der Waals surface area contributed by atoms with E-state index in [1.807, 2.05) is 24.3 Å². The summed E-state index contributed by atoms with van der Waals surface area (Å²) >= 11 is 18.3. The number of imidazole rings is 1. The Bertz CT molecular complexity index is 1480. The van der Waals surface area contributed by atoms with Crippen LogP contribution in [0.1, 0.15) is 43.1 Å². The van der Waals surface area contributed by atoms with Gasteiger partial charge in [-0.25, -0.2) is 4.98 Å². The SMILES string of the molecule is CCCc1c(C2=NNC(C3(c4ccccc4)CC3)S2)nc(-c2ccc(Cl)cc2Cl)n1-c1ccc(Br)cc1. The van der Waals surface area contributed by atoms with Crippen LogP contribution in [0.25, 0.3) is 17.1 Å². The van der Waals surface area contributed by atoms with Crippen LogP contribution in [0.4, 0.5) is 0 Å². The number of hydrogen-bond donors (Lipinski definition) is 1. The third kappa shape index (κ3) is 4.63. The fourth-order valence-electron chi connectivity index (χ4n) is 5.05. The van der Waals surface area contributed by atoms with Crippen molar-refractivity contribution in [2.45, 2.75) is 43.4 Å². The second-order valence-electron chi connectivity index (χ2n) is 9.48. The molecule has 4 nitrogen and oxygen atoms in total. The summed E-state index contributed by atoms with van der Waals surface area (Å²) in [5.41, 5.74) is 8.86. The molecule has 1 saturated carbocycles. The summed E-state index contributed by atoms with van der Waals surface area (Å²) in [6.07, 6.45) is 4.15. The van der Waals surface area contributed by atoms with Gasteiger partial charge in [0.1, 0.15) is 21.9 Å². The lowest BCUT2D eigenvalue weighted by Gasteiger charge is -2.22. The van der Waals surface area contributed by atoms with Crippen LogP contribution >= 0.6 is 50.9 Å². The fraction of sp³-hybridized carbons (Fsp3) is 0.241. The predicted molar refractivity (Wildman–Crippen MR) is 159 cm³/mol. The summed E-state index contributed by atoms with van der Waals surface area (Å²) in [4.78, 5) is 5.21. The van der Waals surface area contributed by atoms with Crippen molar-refractivity contribution in [2.75, 3.05) is 0 Å². The van der Waals surface area contributed by atoms with Crippen molar-refractivity contribution < 1.29 is 0 Å². The highest BCUT2D eigenvalue weighted by Gasteiger charge is 2.53. The molecule has 0 spiro atoms. The number of rotatable bonds is 7. The van der Waals surface area contributed by atoms with Gasteiger partial charge in [0.2, 0.25) is 0 Å². The summed E-state index contributed by atoms with van der Waals surface area (Å²) in [5, 5.41) is 7.13. The van der Waals surface area contributed by atoms with E-state index in [1.54, 1.807) is 17.8 Å². The quantitative estimate of drug-likeness (QED) is 0.227. The van der Waals surface area contributed by atoms with Crippen molar-refractivity contribution in [3.8, 4) is 17.1 Å². The lowest BCUT2D eigenvalue weighted by molar-refractivity contribution is 0.562. The lowest BCUT2D eigenvalue weighted by atomic mass is 9.96. The molecule has 0 radical (unpaired) electrons. The molecule has 1 N–H and O–H groups in total. The molecule has 1 aromatic heterocycles. The van der Waals surface area contributed by atoms with Crippen molar-refractivity contribution in [1.82, 2.24) is 15.0 Å². The molecule has 2 aliphatic rings. The number of nitrogens with one attached hydrogen (secondary N) is 1. The van der Waals surface area contributed by atoms with Crippen LogP contribution in [0, 0.1) is 0 Å². The van der Waals surface area contributed by atoms with Gasteiger partial charge in [0.25, 0.3) is 0 Å². The number of hydrogen-bond acceptors (Lipinski definition) is 4. The lowest BCUT2D eigenvalue weighted by Crippen LogP contribution is -2.31. The first-order chi connectivity index (χ1) is 18.0. The Labute approximate surface area is 239 Å². The highest BCUT2D eigenvalue weighted by Crippen LogP contribution is 2.55. The minimum Gasteiger partial charge on any atom is -0.296 e. The molecule has 4 aromatic rings. The molecule has 1 atom stereocenters. The van der Waals surface area contributed by atoms with E-state index in [4.69, 9.17) is 33.3 Å². The number of hydrazone groups is 1. The molecule has 0 amide bonds. The summed E-state index contributed by atoms with van der Waals surface area (Å²) in [6.45, 7) is 2.19. The second kappa shape index (κ2) is 10.1. The molecule has 1 aliphatic carbocycles. The van der Waals surface area contributed by atoms with E-state index >= 15 is 0 Å². The Kier molecular flexibility index (Phi) is 6.87. The average Bonchev–Trinajstić information content (AvgIpc) is 3.42. The van der Waals surface area contributed by atoms with E-state index in [9.17, 15) is 0 Å². The largest absolute Gasteiger partial charge is 0.296 e. The highest BCUT2D eigenvalue weighted by atomic mass is 79.9. The number of thioether (sulfide) groups is 1. The predicted octanol–water partition coefficient (Wildman–Crippen LogP) is 8.62. The Balaban J connectivity index is 1.45. The van der Waals surface area contributed by atoms with Gasteiger partial charge in [-0.15, -0.1) is 0 Å². The van der Waals surface area contributed by atoms with Crippen LogP contribution < -0.4 is 5.43 Å². The fourth-order valence-corrected chi connectivity index (χ4v) is 7.11.